The molecule has 0 spiro atoms. The van der Waals surface area contributed by atoms with Gasteiger partial charge in [0, 0.05) is 30.4 Å². The Bertz CT molecular complexity index is 567. The highest BCUT2D eigenvalue weighted by Crippen LogP contribution is 2.25. The second kappa shape index (κ2) is 5.36. The van der Waals surface area contributed by atoms with Crippen LogP contribution in [-0.2, 0) is 0 Å². The number of nitrogens with one attached hydrogen (secondary N) is 1. The zero-order valence-electron chi connectivity index (χ0n) is 12.1. The van der Waals surface area contributed by atoms with Crippen molar-refractivity contribution in [3.63, 3.8) is 0 Å². The maximum absolute atomic E-state index is 4.50. The molecule has 0 radical (unpaired) electrons. The van der Waals surface area contributed by atoms with E-state index in [0.29, 0.717) is 5.92 Å². The molecule has 1 aliphatic heterocycles. The molecule has 0 aromatic carbocycles. The highest BCUT2D eigenvalue weighted by atomic mass is 32.1. The van der Waals surface area contributed by atoms with E-state index in [1.54, 1.807) is 11.3 Å². The Kier molecular flexibility index (Phi) is 3.56. The number of nitrogens with zero attached hydrogens (tertiary/aromatic N) is 4. The molecule has 0 aliphatic carbocycles. The molecule has 106 valence electrons. The minimum absolute atomic E-state index is 0.655. The van der Waals surface area contributed by atoms with Gasteiger partial charge in [-0.3, -0.25) is 0 Å². The molecule has 0 unspecified atom stereocenters. The van der Waals surface area contributed by atoms with Crippen molar-refractivity contribution in [3.05, 3.63) is 28.4 Å². The lowest BCUT2D eigenvalue weighted by atomic mass is 10.0. The lowest BCUT2D eigenvalue weighted by Crippen LogP contribution is -2.50. The molecule has 1 N–H and O–H groups in total. The number of anilines is 2. The SMILES string of the molecule is Cc1ccc(N2CC(CNc3nc(C)c(C)s3)C2)nn1. The highest BCUT2D eigenvalue weighted by molar-refractivity contribution is 7.15. The van der Waals surface area contributed by atoms with Crippen molar-refractivity contribution in [2.45, 2.75) is 20.8 Å². The van der Waals surface area contributed by atoms with Gasteiger partial charge in [0.1, 0.15) is 0 Å². The van der Waals surface area contributed by atoms with Crippen molar-refractivity contribution >= 4 is 22.3 Å². The van der Waals surface area contributed by atoms with E-state index in [-0.39, 0.29) is 0 Å². The third-order valence-electron chi connectivity index (χ3n) is 3.64. The Morgan fingerprint density at radius 2 is 2.05 bits per heavy atom. The predicted molar refractivity (Wildman–Crippen MR) is 82.5 cm³/mol. The summed E-state index contributed by atoms with van der Waals surface area (Å²) in [6.07, 6.45) is 0. The third-order valence-corrected chi connectivity index (χ3v) is 4.67. The van der Waals surface area contributed by atoms with Crippen molar-refractivity contribution in [2.75, 3.05) is 29.9 Å². The second-order valence-corrected chi connectivity index (χ2v) is 6.55. The van der Waals surface area contributed by atoms with Gasteiger partial charge in [-0.05, 0) is 32.9 Å². The normalized spacial score (nSPS) is 15.2. The molecule has 0 amide bonds. The van der Waals surface area contributed by atoms with Crippen LogP contribution in [0.25, 0.3) is 0 Å². The standard InChI is InChI=1S/C14H19N5S/c1-9-4-5-13(18-17-9)19-7-12(8-19)6-15-14-16-10(2)11(3)20-14/h4-5,12H,6-8H2,1-3H3,(H,15,16). The van der Waals surface area contributed by atoms with E-state index in [4.69, 9.17) is 0 Å². The van der Waals surface area contributed by atoms with E-state index in [1.165, 1.54) is 4.88 Å². The van der Waals surface area contributed by atoms with Gasteiger partial charge in [0.2, 0.25) is 0 Å². The number of hydrogen-bond acceptors (Lipinski definition) is 6. The van der Waals surface area contributed by atoms with Crippen molar-refractivity contribution in [1.29, 1.82) is 0 Å². The van der Waals surface area contributed by atoms with Crippen LogP contribution in [0, 0.1) is 26.7 Å². The molecule has 5 nitrogen and oxygen atoms in total. The summed E-state index contributed by atoms with van der Waals surface area (Å²) in [6.45, 7) is 9.17. The Morgan fingerprint density at radius 1 is 1.25 bits per heavy atom. The smallest absolute Gasteiger partial charge is 0.183 e. The summed E-state index contributed by atoms with van der Waals surface area (Å²) in [5, 5.41) is 12.8. The van der Waals surface area contributed by atoms with Crippen LogP contribution in [-0.4, -0.2) is 34.8 Å². The van der Waals surface area contributed by atoms with Crippen LogP contribution in [0.2, 0.25) is 0 Å². The maximum atomic E-state index is 4.50. The Hall–Kier alpha value is -1.69. The van der Waals surface area contributed by atoms with Gasteiger partial charge in [0.25, 0.3) is 0 Å². The number of aryl methyl sites for hydroxylation is 3. The monoisotopic (exact) mass is 289 g/mol. The molecule has 2 aromatic heterocycles. The summed E-state index contributed by atoms with van der Waals surface area (Å²) in [5.41, 5.74) is 2.09. The van der Waals surface area contributed by atoms with Crippen LogP contribution < -0.4 is 10.2 Å². The van der Waals surface area contributed by atoms with Crippen LogP contribution >= 0.6 is 11.3 Å². The van der Waals surface area contributed by atoms with Crippen LogP contribution in [0.15, 0.2) is 12.1 Å². The molecule has 20 heavy (non-hydrogen) atoms. The van der Waals surface area contributed by atoms with Crippen molar-refractivity contribution in [2.24, 2.45) is 5.92 Å². The topological polar surface area (TPSA) is 53.9 Å². The molecule has 0 atom stereocenters. The van der Waals surface area contributed by atoms with Crippen molar-refractivity contribution < 1.29 is 0 Å². The van der Waals surface area contributed by atoms with Gasteiger partial charge >= 0.3 is 0 Å². The predicted octanol–water partition coefficient (Wildman–Crippen LogP) is 2.41. The van der Waals surface area contributed by atoms with Crippen molar-refractivity contribution in [3.8, 4) is 0 Å². The molecule has 1 aliphatic rings. The maximum Gasteiger partial charge on any atom is 0.183 e. The molecular weight excluding hydrogens is 270 g/mol. The van der Waals surface area contributed by atoms with E-state index >= 15 is 0 Å². The van der Waals surface area contributed by atoms with Gasteiger partial charge in [-0.1, -0.05) is 0 Å². The fraction of sp³-hybridized carbons (Fsp3) is 0.500. The first-order chi connectivity index (χ1) is 9.61. The minimum atomic E-state index is 0.655. The summed E-state index contributed by atoms with van der Waals surface area (Å²) < 4.78 is 0. The second-order valence-electron chi connectivity index (χ2n) is 5.35. The lowest BCUT2D eigenvalue weighted by Gasteiger charge is -2.39. The lowest BCUT2D eigenvalue weighted by molar-refractivity contribution is 0.425. The summed E-state index contributed by atoms with van der Waals surface area (Å²) >= 11 is 1.73. The fourth-order valence-corrected chi connectivity index (χ4v) is 3.05. The first-order valence-corrected chi connectivity index (χ1v) is 7.66. The van der Waals surface area contributed by atoms with E-state index < -0.39 is 0 Å². The van der Waals surface area contributed by atoms with E-state index in [2.05, 4.69) is 39.2 Å². The first-order valence-electron chi connectivity index (χ1n) is 6.85. The molecular formula is C14H19N5S. The summed E-state index contributed by atoms with van der Waals surface area (Å²) in [7, 11) is 0. The van der Waals surface area contributed by atoms with E-state index in [0.717, 1.165) is 42.0 Å². The Balaban J connectivity index is 1.47. The Labute approximate surface area is 123 Å². The van der Waals surface area contributed by atoms with Crippen LogP contribution in [0.5, 0.6) is 0 Å². The first kappa shape index (κ1) is 13.3. The molecule has 6 heteroatoms. The molecule has 1 saturated heterocycles. The summed E-state index contributed by atoms with van der Waals surface area (Å²) in [6, 6.07) is 4.05. The van der Waals surface area contributed by atoms with Crippen LogP contribution in [0.1, 0.15) is 16.3 Å². The number of thiazole rings is 1. The Morgan fingerprint density at radius 3 is 2.65 bits per heavy atom. The average molecular weight is 289 g/mol. The number of hydrogen-bond donors (Lipinski definition) is 1. The largest absolute Gasteiger partial charge is 0.361 e. The summed E-state index contributed by atoms with van der Waals surface area (Å²) in [4.78, 5) is 8.05. The van der Waals surface area contributed by atoms with Crippen molar-refractivity contribution in [1.82, 2.24) is 15.2 Å². The van der Waals surface area contributed by atoms with Gasteiger partial charge in [0.05, 0.1) is 11.4 Å². The quantitative estimate of drug-likeness (QED) is 0.936. The van der Waals surface area contributed by atoms with E-state index in [9.17, 15) is 0 Å². The van der Waals surface area contributed by atoms with Gasteiger partial charge in [0.15, 0.2) is 10.9 Å². The van der Waals surface area contributed by atoms with Gasteiger partial charge < -0.3 is 10.2 Å². The highest BCUT2D eigenvalue weighted by Gasteiger charge is 2.27. The molecule has 3 rings (SSSR count). The van der Waals surface area contributed by atoms with Gasteiger partial charge in [-0.25, -0.2) is 4.98 Å². The molecule has 2 aromatic rings. The molecule has 0 saturated carbocycles. The number of aromatic nitrogens is 3. The van der Waals surface area contributed by atoms with Crippen LogP contribution in [0.4, 0.5) is 10.9 Å². The van der Waals surface area contributed by atoms with Gasteiger partial charge in [-0.15, -0.1) is 16.4 Å². The summed E-state index contributed by atoms with van der Waals surface area (Å²) in [5.74, 6) is 1.63. The molecule has 0 bridgehead atoms. The van der Waals surface area contributed by atoms with Gasteiger partial charge in [-0.2, -0.15) is 5.10 Å². The zero-order chi connectivity index (χ0) is 14.1. The number of rotatable bonds is 4. The molecule has 3 heterocycles. The average Bonchev–Trinajstić information content (AvgIpc) is 2.69. The molecule has 1 fully saturated rings. The van der Waals surface area contributed by atoms with Crippen LogP contribution in [0.3, 0.4) is 0 Å². The minimum Gasteiger partial charge on any atom is -0.361 e. The fourth-order valence-electron chi connectivity index (χ4n) is 2.23. The zero-order valence-corrected chi connectivity index (χ0v) is 12.9. The van der Waals surface area contributed by atoms with E-state index in [1.807, 2.05) is 19.1 Å². The third kappa shape index (κ3) is 2.75.